The highest BCUT2D eigenvalue weighted by Gasteiger charge is 2.17. The maximum Gasteiger partial charge on any atom is 0.293 e. The maximum atomic E-state index is 11.7. The molecule has 0 unspecified atom stereocenters. The number of Topliss-reactive ketones (excluding diaryl/α,β-unsaturated/α-hetero) is 1. The third-order valence-electron chi connectivity index (χ3n) is 2.77. The highest BCUT2D eigenvalue weighted by atomic mass is 32.1. The van der Waals surface area contributed by atoms with Gasteiger partial charge in [-0.25, -0.2) is 0 Å². The number of thiophene rings is 1. The lowest BCUT2D eigenvalue weighted by atomic mass is 10.3. The number of amides is 1. The number of hydrogen-bond donors (Lipinski definition) is 1. The number of nitrogens with one attached hydrogen (secondary N) is 1. The van der Waals surface area contributed by atoms with Crippen LogP contribution in [0.4, 0.5) is 0 Å². The minimum Gasteiger partial charge on any atom is -0.379 e. The van der Waals surface area contributed by atoms with Crippen molar-refractivity contribution >= 4 is 23.0 Å². The van der Waals surface area contributed by atoms with Gasteiger partial charge >= 0.3 is 0 Å². The van der Waals surface area contributed by atoms with Crippen LogP contribution >= 0.6 is 11.3 Å². The molecule has 5 nitrogen and oxygen atoms in total. The Bertz CT molecular complexity index is 399. The molecule has 1 aromatic rings. The van der Waals surface area contributed by atoms with Gasteiger partial charge in [0.05, 0.1) is 18.1 Å². The Morgan fingerprint density at radius 1 is 1.39 bits per heavy atom. The fourth-order valence-corrected chi connectivity index (χ4v) is 2.41. The summed E-state index contributed by atoms with van der Waals surface area (Å²) in [4.78, 5) is 25.9. The molecule has 18 heavy (non-hydrogen) atoms. The van der Waals surface area contributed by atoms with Gasteiger partial charge in [0.1, 0.15) is 0 Å². The fourth-order valence-electron chi connectivity index (χ4n) is 1.75. The Balaban J connectivity index is 1.70. The summed E-state index contributed by atoms with van der Waals surface area (Å²) in [5.74, 6) is -0.974. The fraction of sp³-hybridized carbons (Fsp3) is 0.500. The topological polar surface area (TPSA) is 58.6 Å². The second-order valence-corrected chi connectivity index (χ2v) is 4.96. The van der Waals surface area contributed by atoms with E-state index in [0.29, 0.717) is 11.4 Å². The van der Waals surface area contributed by atoms with Gasteiger partial charge in [0.15, 0.2) is 0 Å². The lowest BCUT2D eigenvalue weighted by Crippen LogP contribution is -2.42. The zero-order valence-corrected chi connectivity index (χ0v) is 10.9. The molecular weight excluding hydrogens is 252 g/mol. The van der Waals surface area contributed by atoms with Crippen LogP contribution in [0.3, 0.4) is 0 Å². The molecule has 0 atom stereocenters. The molecule has 1 aliphatic rings. The van der Waals surface area contributed by atoms with Crippen molar-refractivity contribution in [2.45, 2.75) is 0 Å². The second kappa shape index (κ2) is 6.63. The molecule has 1 amide bonds. The first-order valence-corrected chi connectivity index (χ1v) is 6.81. The summed E-state index contributed by atoms with van der Waals surface area (Å²) in [6.45, 7) is 4.50. The molecular formula is C12H16N2O3S. The van der Waals surface area contributed by atoms with Gasteiger partial charge in [0.25, 0.3) is 11.7 Å². The van der Waals surface area contributed by atoms with Gasteiger partial charge < -0.3 is 10.1 Å². The van der Waals surface area contributed by atoms with E-state index in [9.17, 15) is 9.59 Å². The van der Waals surface area contributed by atoms with Gasteiger partial charge in [-0.05, 0) is 11.4 Å². The van der Waals surface area contributed by atoms with Crippen LogP contribution < -0.4 is 5.32 Å². The van der Waals surface area contributed by atoms with Crippen LogP contribution in [0.2, 0.25) is 0 Å². The molecule has 0 saturated carbocycles. The van der Waals surface area contributed by atoms with Crippen LogP contribution in [-0.2, 0) is 9.53 Å². The Morgan fingerprint density at radius 3 is 2.83 bits per heavy atom. The van der Waals surface area contributed by atoms with Crippen LogP contribution in [0.15, 0.2) is 17.5 Å². The van der Waals surface area contributed by atoms with Crippen molar-refractivity contribution < 1.29 is 14.3 Å². The Hall–Kier alpha value is -1.24. The van der Waals surface area contributed by atoms with Crippen LogP contribution in [0, 0.1) is 0 Å². The molecule has 1 N–H and O–H groups in total. The first-order chi connectivity index (χ1) is 8.77. The van der Waals surface area contributed by atoms with Crippen molar-refractivity contribution in [3.05, 3.63) is 22.4 Å². The van der Waals surface area contributed by atoms with Gasteiger partial charge in [-0.2, -0.15) is 0 Å². The van der Waals surface area contributed by atoms with Crippen molar-refractivity contribution in [2.75, 3.05) is 39.4 Å². The minimum absolute atomic E-state index is 0.452. The zero-order chi connectivity index (χ0) is 12.8. The van der Waals surface area contributed by atoms with Crippen LogP contribution in [0.25, 0.3) is 0 Å². The zero-order valence-electron chi connectivity index (χ0n) is 10.1. The summed E-state index contributed by atoms with van der Waals surface area (Å²) >= 11 is 1.28. The first-order valence-electron chi connectivity index (χ1n) is 5.93. The number of rotatable bonds is 5. The number of hydrogen-bond acceptors (Lipinski definition) is 5. The van der Waals surface area contributed by atoms with Crippen molar-refractivity contribution in [1.82, 2.24) is 10.2 Å². The molecule has 0 spiro atoms. The van der Waals surface area contributed by atoms with E-state index in [4.69, 9.17) is 4.74 Å². The summed E-state index contributed by atoms with van der Waals surface area (Å²) in [5.41, 5.74) is 0. The van der Waals surface area contributed by atoms with Gasteiger partial charge in [-0.15, -0.1) is 11.3 Å². The van der Waals surface area contributed by atoms with Gasteiger partial charge in [0.2, 0.25) is 0 Å². The van der Waals surface area contributed by atoms with Crippen LogP contribution in [0.5, 0.6) is 0 Å². The standard InChI is InChI=1S/C12H16N2O3S/c15-11(10-2-1-9-18-10)12(16)13-3-4-14-5-7-17-8-6-14/h1-2,9H,3-8H2,(H,13,16). The molecule has 1 aromatic heterocycles. The molecule has 6 heteroatoms. The number of morpholine rings is 1. The Labute approximate surface area is 110 Å². The number of nitrogens with zero attached hydrogens (tertiary/aromatic N) is 1. The predicted octanol–water partition coefficient (Wildman–Crippen LogP) is 0.379. The molecule has 98 valence electrons. The van der Waals surface area contributed by atoms with E-state index in [1.54, 1.807) is 17.5 Å². The Morgan fingerprint density at radius 2 is 2.17 bits per heavy atom. The summed E-state index contributed by atoms with van der Waals surface area (Å²) < 4.78 is 5.23. The molecule has 1 saturated heterocycles. The van der Waals surface area contributed by atoms with Crippen molar-refractivity contribution in [2.24, 2.45) is 0 Å². The third-order valence-corrected chi connectivity index (χ3v) is 3.64. The molecule has 2 heterocycles. The number of carbonyl (C=O) groups excluding carboxylic acids is 2. The lowest BCUT2D eigenvalue weighted by Gasteiger charge is -2.26. The predicted molar refractivity (Wildman–Crippen MR) is 68.9 cm³/mol. The van der Waals surface area contributed by atoms with Crippen LogP contribution in [0.1, 0.15) is 9.67 Å². The van der Waals surface area contributed by atoms with Gasteiger partial charge in [-0.1, -0.05) is 6.07 Å². The largest absolute Gasteiger partial charge is 0.379 e. The van der Waals surface area contributed by atoms with E-state index in [1.165, 1.54) is 11.3 Å². The quantitative estimate of drug-likeness (QED) is 0.619. The number of ether oxygens (including phenoxy) is 1. The van der Waals surface area contributed by atoms with Crippen molar-refractivity contribution in [3.63, 3.8) is 0 Å². The summed E-state index contributed by atoms with van der Waals surface area (Å²) in [6, 6.07) is 3.42. The highest BCUT2D eigenvalue weighted by molar-refractivity contribution is 7.13. The average molecular weight is 268 g/mol. The Kier molecular flexibility index (Phi) is 4.86. The highest BCUT2D eigenvalue weighted by Crippen LogP contribution is 2.08. The van der Waals surface area contributed by atoms with Crippen molar-refractivity contribution in [3.8, 4) is 0 Å². The van der Waals surface area contributed by atoms with E-state index in [0.717, 1.165) is 32.8 Å². The maximum absolute atomic E-state index is 11.7. The number of carbonyl (C=O) groups is 2. The molecule has 0 radical (unpaired) electrons. The SMILES string of the molecule is O=C(NCCN1CCOCC1)C(=O)c1cccs1. The molecule has 0 aliphatic carbocycles. The average Bonchev–Trinajstić information content (AvgIpc) is 2.93. The molecule has 2 rings (SSSR count). The summed E-state index contributed by atoms with van der Waals surface area (Å²) in [7, 11) is 0. The molecule has 0 bridgehead atoms. The van der Waals surface area contributed by atoms with E-state index in [-0.39, 0.29) is 0 Å². The van der Waals surface area contributed by atoms with E-state index in [2.05, 4.69) is 10.2 Å². The van der Waals surface area contributed by atoms with Crippen LogP contribution in [-0.4, -0.2) is 56.0 Å². The monoisotopic (exact) mass is 268 g/mol. The van der Waals surface area contributed by atoms with Gasteiger partial charge in [0, 0.05) is 26.2 Å². The summed E-state index contributed by atoms with van der Waals surface area (Å²) in [5, 5.41) is 4.44. The van der Waals surface area contributed by atoms with Crippen molar-refractivity contribution in [1.29, 1.82) is 0 Å². The number of ketones is 1. The van der Waals surface area contributed by atoms with E-state index in [1.807, 2.05) is 0 Å². The third kappa shape index (κ3) is 3.63. The molecule has 1 aliphatic heterocycles. The first kappa shape index (κ1) is 13.2. The minimum atomic E-state index is -0.522. The summed E-state index contributed by atoms with van der Waals surface area (Å²) in [6.07, 6.45) is 0. The lowest BCUT2D eigenvalue weighted by molar-refractivity contribution is -0.117. The van der Waals surface area contributed by atoms with Gasteiger partial charge in [-0.3, -0.25) is 14.5 Å². The van der Waals surface area contributed by atoms with E-state index < -0.39 is 11.7 Å². The normalized spacial score (nSPS) is 16.4. The molecule has 0 aromatic carbocycles. The second-order valence-electron chi connectivity index (χ2n) is 4.02. The molecule has 1 fully saturated rings. The smallest absolute Gasteiger partial charge is 0.293 e. The van der Waals surface area contributed by atoms with E-state index >= 15 is 0 Å².